The molecule has 0 radical (unpaired) electrons. The van der Waals surface area contributed by atoms with Crippen molar-refractivity contribution in [3.63, 3.8) is 0 Å². The molecule has 0 saturated carbocycles. The number of rotatable bonds is 6. The predicted octanol–water partition coefficient (Wildman–Crippen LogP) is 2.56. The maximum atomic E-state index is 13.2. The molecule has 0 heterocycles. The molecule has 1 N–H and O–H groups in total. The van der Waals surface area contributed by atoms with E-state index in [1.54, 1.807) is 0 Å². The zero-order chi connectivity index (χ0) is 16.8. The second-order valence-electron chi connectivity index (χ2n) is 4.45. The van der Waals surface area contributed by atoms with Gasteiger partial charge in [-0.2, -0.15) is 4.39 Å². The summed E-state index contributed by atoms with van der Waals surface area (Å²) in [5, 5.41) is 13.0. The molecule has 8 heteroatoms. The van der Waals surface area contributed by atoms with Crippen LogP contribution in [0.4, 0.5) is 15.8 Å². The number of carbonyl (C=O) groups is 2. The Morgan fingerprint density at radius 2 is 1.96 bits per heavy atom. The second kappa shape index (κ2) is 7.12. The molecule has 23 heavy (non-hydrogen) atoms. The molecule has 0 aliphatic carbocycles. The molecule has 0 bridgehead atoms. The van der Waals surface area contributed by atoms with Crippen LogP contribution in [-0.4, -0.2) is 23.7 Å². The number of hydrogen-bond acceptors (Lipinski definition) is 5. The van der Waals surface area contributed by atoms with Gasteiger partial charge in [-0.15, -0.1) is 0 Å². The summed E-state index contributed by atoms with van der Waals surface area (Å²) in [6.07, 6.45) is 0.678. The fourth-order valence-corrected chi connectivity index (χ4v) is 1.72. The second-order valence-corrected chi connectivity index (χ2v) is 4.45. The lowest BCUT2D eigenvalue weighted by Crippen LogP contribution is -2.20. The third kappa shape index (κ3) is 4.34. The summed E-state index contributed by atoms with van der Waals surface area (Å²) in [4.78, 5) is 32.0. The zero-order valence-corrected chi connectivity index (χ0v) is 11.7. The van der Waals surface area contributed by atoms with Crippen LogP contribution in [0.1, 0.15) is 10.4 Å². The van der Waals surface area contributed by atoms with Crippen molar-refractivity contribution in [1.82, 2.24) is 0 Å². The van der Waals surface area contributed by atoms with Crippen molar-refractivity contribution in [2.45, 2.75) is 0 Å². The number of nitro benzene ring substituents is 1. The number of amides is 1. The van der Waals surface area contributed by atoms with Gasteiger partial charge in [0.05, 0.1) is 4.92 Å². The van der Waals surface area contributed by atoms with Crippen molar-refractivity contribution in [1.29, 1.82) is 0 Å². The first kappa shape index (κ1) is 16.1. The number of nitrogens with one attached hydrogen (secondary N) is 1. The third-order valence-electron chi connectivity index (χ3n) is 2.81. The van der Waals surface area contributed by atoms with E-state index in [9.17, 15) is 24.1 Å². The van der Waals surface area contributed by atoms with E-state index in [0.29, 0.717) is 17.6 Å². The summed E-state index contributed by atoms with van der Waals surface area (Å²) >= 11 is 0. The lowest BCUT2D eigenvalue weighted by atomic mass is 10.2. The highest BCUT2D eigenvalue weighted by Crippen LogP contribution is 2.21. The Balaban J connectivity index is 1.95. The molecule has 0 saturated heterocycles. The fraction of sp³-hybridized carbons (Fsp3) is 0.0667. The molecular formula is C15H11FN2O5. The monoisotopic (exact) mass is 318 g/mol. The van der Waals surface area contributed by atoms with E-state index in [0.717, 1.165) is 12.1 Å². The molecule has 0 spiro atoms. The average Bonchev–Trinajstić information content (AvgIpc) is 2.55. The van der Waals surface area contributed by atoms with Crippen LogP contribution in [0.5, 0.6) is 5.75 Å². The number of ether oxygens (including phenoxy) is 1. The summed E-state index contributed by atoms with van der Waals surface area (Å²) in [7, 11) is 0. The Labute approximate surface area is 129 Å². The topological polar surface area (TPSA) is 98.5 Å². The molecule has 1 amide bonds. The largest absolute Gasteiger partial charge is 0.484 e. The maximum absolute atomic E-state index is 13.2. The quantitative estimate of drug-likeness (QED) is 0.501. The zero-order valence-electron chi connectivity index (χ0n) is 11.7. The summed E-state index contributed by atoms with van der Waals surface area (Å²) in [5.74, 6) is -1.17. The molecule has 7 nitrogen and oxygen atoms in total. The Bertz CT molecular complexity index is 746. The molecule has 118 valence electrons. The Morgan fingerprint density at radius 3 is 2.57 bits per heavy atom. The normalized spacial score (nSPS) is 9.96. The Hall–Kier alpha value is -3.29. The van der Waals surface area contributed by atoms with E-state index in [2.05, 4.69) is 5.32 Å². The van der Waals surface area contributed by atoms with E-state index in [1.807, 2.05) is 0 Å². The van der Waals surface area contributed by atoms with E-state index >= 15 is 0 Å². The van der Waals surface area contributed by atoms with Crippen molar-refractivity contribution in [3.05, 3.63) is 64.0 Å². The standard InChI is InChI=1S/C15H11FN2O5/c16-13-6-3-11(7-14(13)18(21)22)17-15(20)9-23-12-4-1-10(8-19)2-5-12/h1-8H,9H2,(H,17,20). The summed E-state index contributed by atoms with van der Waals surface area (Å²) < 4.78 is 18.4. The molecule has 0 unspecified atom stereocenters. The van der Waals surface area contributed by atoms with Gasteiger partial charge in [-0.1, -0.05) is 0 Å². The highest BCUT2D eigenvalue weighted by atomic mass is 19.1. The summed E-state index contributed by atoms with van der Waals surface area (Å²) in [5.41, 5.74) is -0.170. The molecular weight excluding hydrogens is 307 g/mol. The number of anilines is 1. The first-order valence-electron chi connectivity index (χ1n) is 6.41. The number of aldehydes is 1. The molecule has 0 atom stereocenters. The first-order chi connectivity index (χ1) is 11.0. The molecule has 0 aromatic heterocycles. The van der Waals surface area contributed by atoms with Crippen molar-refractivity contribution in [2.24, 2.45) is 0 Å². The van der Waals surface area contributed by atoms with E-state index in [1.165, 1.54) is 30.3 Å². The first-order valence-corrected chi connectivity index (χ1v) is 6.41. The number of carbonyl (C=O) groups excluding carboxylic acids is 2. The number of nitro groups is 1. The van der Waals surface area contributed by atoms with Crippen LogP contribution in [0.3, 0.4) is 0 Å². The van der Waals surface area contributed by atoms with Crippen LogP contribution >= 0.6 is 0 Å². The van der Waals surface area contributed by atoms with Crippen LogP contribution in [0.25, 0.3) is 0 Å². The number of nitrogens with zero attached hydrogens (tertiary/aromatic N) is 1. The molecule has 0 fully saturated rings. The van der Waals surface area contributed by atoms with Gasteiger partial charge in [-0.3, -0.25) is 19.7 Å². The van der Waals surface area contributed by atoms with E-state index < -0.39 is 22.3 Å². The Kier molecular flexibility index (Phi) is 4.98. The van der Waals surface area contributed by atoms with Gasteiger partial charge in [0.25, 0.3) is 5.91 Å². The highest BCUT2D eigenvalue weighted by Gasteiger charge is 2.15. The van der Waals surface area contributed by atoms with Crippen LogP contribution in [0.15, 0.2) is 42.5 Å². The van der Waals surface area contributed by atoms with Crippen molar-refractivity contribution >= 4 is 23.6 Å². The smallest absolute Gasteiger partial charge is 0.306 e. The van der Waals surface area contributed by atoms with Gasteiger partial charge in [-0.05, 0) is 36.4 Å². The van der Waals surface area contributed by atoms with Crippen LogP contribution in [0.2, 0.25) is 0 Å². The Morgan fingerprint density at radius 1 is 1.26 bits per heavy atom. The molecule has 2 aromatic carbocycles. The van der Waals surface area contributed by atoms with Crippen molar-refractivity contribution < 1.29 is 23.6 Å². The van der Waals surface area contributed by atoms with Crippen molar-refractivity contribution in [2.75, 3.05) is 11.9 Å². The van der Waals surface area contributed by atoms with Crippen LogP contribution in [0, 0.1) is 15.9 Å². The minimum absolute atomic E-state index is 0.0861. The van der Waals surface area contributed by atoms with E-state index in [4.69, 9.17) is 4.74 Å². The van der Waals surface area contributed by atoms with Gasteiger partial charge in [0.2, 0.25) is 5.82 Å². The fourth-order valence-electron chi connectivity index (χ4n) is 1.72. The van der Waals surface area contributed by atoms with Gasteiger partial charge in [0, 0.05) is 17.3 Å². The molecule has 2 rings (SSSR count). The average molecular weight is 318 g/mol. The van der Waals surface area contributed by atoms with Gasteiger partial charge in [0.15, 0.2) is 6.61 Å². The van der Waals surface area contributed by atoms with Crippen LogP contribution in [-0.2, 0) is 4.79 Å². The molecule has 0 aliphatic heterocycles. The lowest BCUT2D eigenvalue weighted by Gasteiger charge is -2.07. The van der Waals surface area contributed by atoms with Crippen LogP contribution < -0.4 is 10.1 Å². The van der Waals surface area contributed by atoms with E-state index in [-0.39, 0.29) is 12.3 Å². The summed E-state index contributed by atoms with van der Waals surface area (Å²) in [6.45, 7) is -0.342. The van der Waals surface area contributed by atoms with Crippen molar-refractivity contribution in [3.8, 4) is 5.75 Å². The molecule has 2 aromatic rings. The minimum Gasteiger partial charge on any atom is -0.484 e. The minimum atomic E-state index is -0.987. The SMILES string of the molecule is O=Cc1ccc(OCC(=O)Nc2ccc(F)c([N+](=O)[O-])c2)cc1. The number of benzene rings is 2. The number of halogens is 1. The van der Waals surface area contributed by atoms with Gasteiger partial charge in [0.1, 0.15) is 12.0 Å². The highest BCUT2D eigenvalue weighted by molar-refractivity contribution is 5.92. The number of hydrogen-bond donors (Lipinski definition) is 1. The maximum Gasteiger partial charge on any atom is 0.306 e. The molecule has 0 aliphatic rings. The van der Waals surface area contributed by atoms with Gasteiger partial charge in [-0.25, -0.2) is 0 Å². The lowest BCUT2D eigenvalue weighted by molar-refractivity contribution is -0.387. The predicted molar refractivity (Wildman–Crippen MR) is 79.0 cm³/mol. The van der Waals surface area contributed by atoms with Gasteiger partial charge < -0.3 is 10.1 Å². The summed E-state index contributed by atoms with van der Waals surface area (Å²) in [6, 6.07) is 9.14. The third-order valence-corrected chi connectivity index (χ3v) is 2.81. The van der Waals surface area contributed by atoms with Gasteiger partial charge >= 0.3 is 5.69 Å².